The van der Waals surface area contributed by atoms with Crippen molar-refractivity contribution in [2.75, 3.05) is 20.6 Å². The molecule has 0 amide bonds. The molecule has 15 heavy (non-hydrogen) atoms. The summed E-state index contributed by atoms with van der Waals surface area (Å²) in [4.78, 5) is 2.33. The molecule has 0 aromatic rings. The molecule has 0 saturated heterocycles. The van der Waals surface area contributed by atoms with Crippen LogP contribution in [0.2, 0.25) is 0 Å². The van der Waals surface area contributed by atoms with Crippen LogP contribution in [-0.2, 0) is 0 Å². The fourth-order valence-electron chi connectivity index (χ4n) is 1.86. The first-order valence-corrected chi connectivity index (χ1v) is 6.37. The summed E-state index contributed by atoms with van der Waals surface area (Å²) in [6, 6.07) is 0.601. The zero-order valence-electron chi connectivity index (χ0n) is 11.6. The van der Waals surface area contributed by atoms with Gasteiger partial charge in [0.05, 0.1) is 0 Å². The highest BCUT2D eigenvalue weighted by atomic mass is 15.2. The second-order valence-corrected chi connectivity index (χ2v) is 5.15. The van der Waals surface area contributed by atoms with Gasteiger partial charge in [-0.2, -0.15) is 0 Å². The average molecular weight is 214 g/mol. The van der Waals surface area contributed by atoms with Crippen molar-refractivity contribution in [2.24, 2.45) is 0 Å². The van der Waals surface area contributed by atoms with Gasteiger partial charge in [-0.1, -0.05) is 33.1 Å². The quantitative estimate of drug-likeness (QED) is 0.625. The lowest BCUT2D eigenvalue weighted by Crippen LogP contribution is -2.55. The third-order valence-electron chi connectivity index (χ3n) is 3.55. The first-order valence-electron chi connectivity index (χ1n) is 6.37. The van der Waals surface area contributed by atoms with Crippen molar-refractivity contribution < 1.29 is 0 Å². The molecule has 0 radical (unpaired) electrons. The van der Waals surface area contributed by atoms with Crippen LogP contribution in [0.1, 0.15) is 53.4 Å². The maximum absolute atomic E-state index is 3.62. The Labute approximate surface area is 96.4 Å². The van der Waals surface area contributed by atoms with E-state index in [4.69, 9.17) is 0 Å². The fraction of sp³-hybridized carbons (Fsp3) is 1.00. The van der Waals surface area contributed by atoms with Gasteiger partial charge in [-0.05, 0) is 40.9 Å². The van der Waals surface area contributed by atoms with Gasteiger partial charge >= 0.3 is 0 Å². The SMILES string of the molecule is CCCCCC(NCC)C(C)(C)N(C)C. The summed E-state index contributed by atoms with van der Waals surface area (Å²) in [7, 11) is 4.34. The standard InChI is InChI=1S/C13H30N2/c1-7-9-10-11-12(14-8-2)13(3,4)15(5)6/h12,14H,7-11H2,1-6H3. The van der Waals surface area contributed by atoms with E-state index in [-0.39, 0.29) is 5.54 Å². The summed E-state index contributed by atoms with van der Waals surface area (Å²) in [5.41, 5.74) is 0.240. The van der Waals surface area contributed by atoms with Gasteiger partial charge < -0.3 is 10.2 Å². The minimum absolute atomic E-state index is 0.240. The van der Waals surface area contributed by atoms with Gasteiger partial charge in [-0.3, -0.25) is 0 Å². The van der Waals surface area contributed by atoms with Crippen molar-refractivity contribution in [2.45, 2.75) is 65.0 Å². The van der Waals surface area contributed by atoms with Crippen molar-refractivity contribution in [1.82, 2.24) is 10.2 Å². The van der Waals surface area contributed by atoms with E-state index >= 15 is 0 Å². The molecule has 0 aliphatic carbocycles. The Hall–Kier alpha value is -0.0800. The predicted molar refractivity (Wildman–Crippen MR) is 69.4 cm³/mol. The highest BCUT2D eigenvalue weighted by Crippen LogP contribution is 2.20. The Balaban J connectivity index is 4.23. The van der Waals surface area contributed by atoms with Gasteiger partial charge in [0, 0.05) is 11.6 Å². The summed E-state index contributed by atoms with van der Waals surface area (Å²) in [5.74, 6) is 0. The lowest BCUT2D eigenvalue weighted by atomic mass is 9.89. The van der Waals surface area contributed by atoms with E-state index in [0.717, 1.165) is 6.54 Å². The third-order valence-corrected chi connectivity index (χ3v) is 3.55. The number of rotatable bonds is 8. The molecule has 2 nitrogen and oxygen atoms in total. The van der Waals surface area contributed by atoms with Crippen LogP contribution >= 0.6 is 0 Å². The molecular formula is C13H30N2. The van der Waals surface area contributed by atoms with E-state index in [0.29, 0.717) is 6.04 Å². The molecule has 0 bridgehead atoms. The van der Waals surface area contributed by atoms with E-state index < -0.39 is 0 Å². The van der Waals surface area contributed by atoms with Gasteiger partial charge in [0.1, 0.15) is 0 Å². The summed E-state index contributed by atoms with van der Waals surface area (Å²) < 4.78 is 0. The molecule has 0 rings (SSSR count). The molecule has 0 aromatic carbocycles. The predicted octanol–water partition coefficient (Wildman–Crippen LogP) is 2.89. The minimum atomic E-state index is 0.240. The van der Waals surface area contributed by atoms with Crippen molar-refractivity contribution >= 4 is 0 Å². The molecule has 2 heteroatoms. The molecule has 0 aliphatic rings. The van der Waals surface area contributed by atoms with E-state index in [1.54, 1.807) is 0 Å². The number of nitrogens with zero attached hydrogens (tertiary/aromatic N) is 1. The van der Waals surface area contributed by atoms with E-state index in [1.807, 2.05) is 0 Å². The van der Waals surface area contributed by atoms with Crippen LogP contribution < -0.4 is 5.32 Å². The van der Waals surface area contributed by atoms with Crippen LogP contribution in [0.5, 0.6) is 0 Å². The second-order valence-electron chi connectivity index (χ2n) is 5.15. The topological polar surface area (TPSA) is 15.3 Å². The van der Waals surface area contributed by atoms with E-state index in [9.17, 15) is 0 Å². The van der Waals surface area contributed by atoms with Crippen LogP contribution in [0, 0.1) is 0 Å². The highest BCUT2D eigenvalue weighted by Gasteiger charge is 2.30. The Morgan fingerprint density at radius 2 is 1.73 bits per heavy atom. The first-order chi connectivity index (χ1) is 6.96. The van der Waals surface area contributed by atoms with Crippen molar-refractivity contribution in [1.29, 1.82) is 0 Å². The Bertz CT molecular complexity index is 153. The van der Waals surface area contributed by atoms with Crippen LogP contribution in [-0.4, -0.2) is 37.1 Å². The summed E-state index contributed by atoms with van der Waals surface area (Å²) in [6.45, 7) is 10.2. The Kier molecular flexibility index (Phi) is 7.20. The van der Waals surface area contributed by atoms with Crippen molar-refractivity contribution in [3.8, 4) is 0 Å². The highest BCUT2D eigenvalue weighted by molar-refractivity contribution is 4.90. The van der Waals surface area contributed by atoms with Gasteiger partial charge in [-0.25, -0.2) is 0 Å². The van der Waals surface area contributed by atoms with Gasteiger partial charge in [0.15, 0.2) is 0 Å². The maximum Gasteiger partial charge on any atom is 0.0300 e. The molecule has 1 N–H and O–H groups in total. The van der Waals surface area contributed by atoms with Crippen molar-refractivity contribution in [3.63, 3.8) is 0 Å². The largest absolute Gasteiger partial charge is 0.312 e. The van der Waals surface area contributed by atoms with Crippen LogP contribution in [0.25, 0.3) is 0 Å². The van der Waals surface area contributed by atoms with Gasteiger partial charge in [-0.15, -0.1) is 0 Å². The molecule has 1 unspecified atom stereocenters. The molecular weight excluding hydrogens is 184 g/mol. The zero-order chi connectivity index (χ0) is 11.9. The molecule has 0 spiro atoms. The fourth-order valence-corrected chi connectivity index (χ4v) is 1.86. The third kappa shape index (κ3) is 4.98. The normalized spacial score (nSPS) is 14.6. The van der Waals surface area contributed by atoms with E-state index in [2.05, 4.69) is 52.0 Å². The number of hydrogen-bond acceptors (Lipinski definition) is 2. The van der Waals surface area contributed by atoms with E-state index in [1.165, 1.54) is 25.7 Å². The van der Waals surface area contributed by atoms with Crippen LogP contribution in [0.15, 0.2) is 0 Å². The molecule has 0 heterocycles. The van der Waals surface area contributed by atoms with Crippen LogP contribution in [0.4, 0.5) is 0 Å². The van der Waals surface area contributed by atoms with Gasteiger partial charge in [0.2, 0.25) is 0 Å². The van der Waals surface area contributed by atoms with Crippen LogP contribution in [0.3, 0.4) is 0 Å². The lowest BCUT2D eigenvalue weighted by molar-refractivity contribution is 0.131. The second kappa shape index (κ2) is 7.24. The molecule has 0 aliphatic heterocycles. The summed E-state index contributed by atoms with van der Waals surface area (Å²) in [5, 5.41) is 3.62. The molecule has 92 valence electrons. The smallest absolute Gasteiger partial charge is 0.0300 e. The maximum atomic E-state index is 3.62. The van der Waals surface area contributed by atoms with Gasteiger partial charge in [0.25, 0.3) is 0 Å². The summed E-state index contributed by atoms with van der Waals surface area (Å²) in [6.07, 6.45) is 5.28. The Morgan fingerprint density at radius 3 is 2.13 bits per heavy atom. The molecule has 0 saturated carbocycles. The molecule has 0 aromatic heterocycles. The molecule has 1 atom stereocenters. The summed E-state index contributed by atoms with van der Waals surface area (Å²) >= 11 is 0. The first kappa shape index (κ1) is 14.9. The monoisotopic (exact) mass is 214 g/mol. The number of unbranched alkanes of at least 4 members (excludes halogenated alkanes) is 2. The zero-order valence-corrected chi connectivity index (χ0v) is 11.6. The number of hydrogen-bond donors (Lipinski definition) is 1. The Morgan fingerprint density at radius 1 is 1.13 bits per heavy atom. The number of likely N-dealkylation sites (N-methyl/N-ethyl adjacent to an activating group) is 2. The lowest BCUT2D eigenvalue weighted by Gasteiger charge is -2.40. The van der Waals surface area contributed by atoms with Crippen molar-refractivity contribution in [3.05, 3.63) is 0 Å². The average Bonchev–Trinajstić information content (AvgIpc) is 2.16. The minimum Gasteiger partial charge on any atom is -0.312 e. The number of nitrogens with one attached hydrogen (secondary N) is 1. The molecule has 0 fully saturated rings.